The zero-order valence-electron chi connectivity index (χ0n) is 9.13. The molecule has 1 N–H and O–H groups in total. The number of rotatable bonds is 4. The van der Waals surface area contributed by atoms with Crippen molar-refractivity contribution in [3.05, 3.63) is 0 Å². The van der Waals surface area contributed by atoms with Crippen molar-refractivity contribution in [2.75, 3.05) is 7.11 Å². The van der Waals surface area contributed by atoms with Gasteiger partial charge in [-0.3, -0.25) is 4.79 Å². The van der Waals surface area contributed by atoms with Gasteiger partial charge in [-0.2, -0.15) is 13.2 Å². The Morgan fingerprint density at radius 2 is 1.69 bits per heavy atom. The average molecular weight is 244 g/mol. The van der Waals surface area contributed by atoms with Crippen molar-refractivity contribution in [1.82, 2.24) is 0 Å². The minimum absolute atomic E-state index is 0.0940. The van der Waals surface area contributed by atoms with Gasteiger partial charge in [0.25, 0.3) is 0 Å². The van der Waals surface area contributed by atoms with Gasteiger partial charge in [0.1, 0.15) is 0 Å². The van der Waals surface area contributed by atoms with E-state index in [9.17, 15) is 18.0 Å². The first kappa shape index (κ1) is 17.1. The molecular weight excluding hydrogens is 229 g/mol. The molecule has 0 amide bonds. The van der Waals surface area contributed by atoms with Crippen LogP contribution in [0.5, 0.6) is 0 Å². The number of unbranched alkanes of at least 4 members (excludes halogenated alkanes) is 2. The van der Waals surface area contributed by atoms with Crippen LogP contribution in [0.3, 0.4) is 0 Å². The summed E-state index contributed by atoms with van der Waals surface area (Å²) in [7, 11) is 1.42. The molecule has 0 aliphatic heterocycles. The molecule has 7 heteroatoms. The number of aliphatic carboxylic acids is 1. The lowest BCUT2D eigenvalue weighted by molar-refractivity contribution is -0.192. The van der Waals surface area contributed by atoms with Crippen molar-refractivity contribution >= 4 is 11.9 Å². The summed E-state index contributed by atoms with van der Waals surface area (Å²) in [5.41, 5.74) is 0. The summed E-state index contributed by atoms with van der Waals surface area (Å²) in [6.07, 6.45) is -1.28. The molecular formula is C9H15F3O4. The summed E-state index contributed by atoms with van der Waals surface area (Å²) < 4.78 is 36.2. The molecule has 0 aliphatic carbocycles. The largest absolute Gasteiger partial charge is 0.490 e. The summed E-state index contributed by atoms with van der Waals surface area (Å²) in [4.78, 5) is 19.4. The summed E-state index contributed by atoms with van der Waals surface area (Å²) in [6, 6.07) is 0. The Balaban J connectivity index is 0. The van der Waals surface area contributed by atoms with Gasteiger partial charge in [-0.15, -0.1) is 0 Å². The molecule has 0 aliphatic rings. The zero-order chi connectivity index (χ0) is 13.2. The molecule has 0 bridgehead atoms. The van der Waals surface area contributed by atoms with Crippen molar-refractivity contribution in [2.45, 2.75) is 38.8 Å². The van der Waals surface area contributed by atoms with Crippen LogP contribution in [0.25, 0.3) is 0 Å². The van der Waals surface area contributed by atoms with Crippen LogP contribution in [-0.2, 0) is 14.3 Å². The molecule has 0 saturated carbocycles. The molecule has 0 unspecified atom stereocenters. The maximum atomic E-state index is 10.6. The predicted octanol–water partition coefficient (Wildman–Crippen LogP) is 2.37. The van der Waals surface area contributed by atoms with Crippen molar-refractivity contribution in [1.29, 1.82) is 0 Å². The van der Waals surface area contributed by atoms with Crippen molar-refractivity contribution in [3.63, 3.8) is 0 Å². The number of carbonyl (C=O) groups is 2. The lowest BCUT2D eigenvalue weighted by atomic mass is 10.2. The molecule has 0 spiro atoms. The van der Waals surface area contributed by atoms with Gasteiger partial charge in [-0.25, -0.2) is 4.79 Å². The third-order valence-corrected chi connectivity index (χ3v) is 1.45. The number of methoxy groups -OCH3 is 1. The second-order valence-corrected chi connectivity index (χ2v) is 2.84. The summed E-state index contributed by atoms with van der Waals surface area (Å²) in [5, 5.41) is 7.12. The van der Waals surface area contributed by atoms with E-state index in [2.05, 4.69) is 11.7 Å². The van der Waals surface area contributed by atoms with Gasteiger partial charge in [-0.05, 0) is 6.42 Å². The molecule has 0 saturated heterocycles. The fourth-order valence-electron chi connectivity index (χ4n) is 0.621. The van der Waals surface area contributed by atoms with Gasteiger partial charge in [0.15, 0.2) is 0 Å². The number of alkyl halides is 3. The number of carboxylic acids is 1. The van der Waals surface area contributed by atoms with Crippen LogP contribution in [-0.4, -0.2) is 30.3 Å². The van der Waals surface area contributed by atoms with Crippen molar-refractivity contribution in [2.24, 2.45) is 0 Å². The SMILES string of the molecule is CCCCCC(=O)OC.O=C(O)C(F)(F)F. The standard InChI is InChI=1S/C7H14O2.C2HF3O2/c1-3-4-5-6-7(8)9-2;3-2(4,5)1(6)7/h3-6H2,1-2H3;(H,6,7). The summed E-state index contributed by atoms with van der Waals surface area (Å²) in [5.74, 6) is -2.85. The highest BCUT2D eigenvalue weighted by molar-refractivity contribution is 5.73. The van der Waals surface area contributed by atoms with Crippen LogP contribution >= 0.6 is 0 Å². The predicted molar refractivity (Wildman–Crippen MR) is 49.8 cm³/mol. The van der Waals surface area contributed by atoms with Gasteiger partial charge in [0.2, 0.25) is 0 Å². The van der Waals surface area contributed by atoms with Crippen molar-refractivity contribution in [3.8, 4) is 0 Å². The van der Waals surface area contributed by atoms with Gasteiger partial charge >= 0.3 is 18.1 Å². The molecule has 0 heterocycles. The molecule has 0 rings (SSSR count). The van der Waals surface area contributed by atoms with E-state index in [-0.39, 0.29) is 5.97 Å². The Morgan fingerprint density at radius 3 is 1.94 bits per heavy atom. The van der Waals surface area contributed by atoms with Gasteiger partial charge in [0, 0.05) is 6.42 Å². The van der Waals surface area contributed by atoms with E-state index < -0.39 is 12.1 Å². The topological polar surface area (TPSA) is 63.6 Å². The minimum atomic E-state index is -5.08. The molecule has 0 aromatic carbocycles. The number of ether oxygens (including phenoxy) is 1. The summed E-state index contributed by atoms with van der Waals surface area (Å²) >= 11 is 0. The Morgan fingerprint density at radius 1 is 1.25 bits per heavy atom. The van der Waals surface area contributed by atoms with Gasteiger partial charge in [0.05, 0.1) is 7.11 Å². The smallest absolute Gasteiger partial charge is 0.475 e. The monoisotopic (exact) mass is 244 g/mol. The van der Waals surface area contributed by atoms with E-state index in [1.165, 1.54) is 7.11 Å². The molecule has 0 aromatic heterocycles. The first-order valence-electron chi connectivity index (χ1n) is 4.62. The molecule has 0 fully saturated rings. The van der Waals surface area contributed by atoms with E-state index in [0.29, 0.717) is 6.42 Å². The molecule has 0 radical (unpaired) electrons. The second kappa shape index (κ2) is 8.99. The molecule has 4 nitrogen and oxygen atoms in total. The van der Waals surface area contributed by atoms with E-state index >= 15 is 0 Å². The Kier molecular flexibility index (Phi) is 9.63. The maximum Gasteiger partial charge on any atom is 0.490 e. The molecule has 96 valence electrons. The minimum Gasteiger partial charge on any atom is -0.475 e. The lowest BCUT2D eigenvalue weighted by Crippen LogP contribution is -2.21. The molecule has 16 heavy (non-hydrogen) atoms. The Bertz CT molecular complexity index is 213. The van der Waals surface area contributed by atoms with Crippen LogP contribution in [0.4, 0.5) is 13.2 Å². The summed E-state index contributed by atoms with van der Waals surface area (Å²) in [6.45, 7) is 2.11. The van der Waals surface area contributed by atoms with E-state index in [1.54, 1.807) is 0 Å². The van der Waals surface area contributed by atoms with Gasteiger partial charge in [-0.1, -0.05) is 19.8 Å². The fraction of sp³-hybridized carbons (Fsp3) is 0.778. The van der Waals surface area contributed by atoms with Gasteiger partial charge < -0.3 is 9.84 Å². The number of carboxylic acid groups (broad SMARTS) is 1. The Hall–Kier alpha value is -1.27. The van der Waals surface area contributed by atoms with Crippen LogP contribution in [0, 0.1) is 0 Å². The van der Waals surface area contributed by atoms with Crippen LogP contribution < -0.4 is 0 Å². The lowest BCUT2D eigenvalue weighted by Gasteiger charge is -1.95. The fourth-order valence-corrected chi connectivity index (χ4v) is 0.621. The number of carbonyl (C=O) groups excluding carboxylic acids is 1. The zero-order valence-corrected chi connectivity index (χ0v) is 9.13. The Labute approximate surface area is 91.4 Å². The highest BCUT2D eigenvalue weighted by Gasteiger charge is 2.38. The quantitative estimate of drug-likeness (QED) is 0.609. The highest BCUT2D eigenvalue weighted by Crippen LogP contribution is 2.13. The van der Waals surface area contributed by atoms with E-state index in [4.69, 9.17) is 9.90 Å². The van der Waals surface area contributed by atoms with Crippen LogP contribution in [0.1, 0.15) is 32.6 Å². The first-order valence-corrected chi connectivity index (χ1v) is 4.62. The molecule has 0 atom stereocenters. The highest BCUT2D eigenvalue weighted by atomic mass is 19.4. The normalized spacial score (nSPS) is 10.1. The average Bonchev–Trinajstić information content (AvgIpc) is 2.17. The third-order valence-electron chi connectivity index (χ3n) is 1.45. The number of esters is 1. The van der Waals surface area contributed by atoms with Crippen LogP contribution in [0.2, 0.25) is 0 Å². The van der Waals surface area contributed by atoms with E-state index in [1.807, 2.05) is 0 Å². The number of hydrogen-bond acceptors (Lipinski definition) is 3. The maximum absolute atomic E-state index is 10.6. The van der Waals surface area contributed by atoms with Crippen molar-refractivity contribution < 1.29 is 32.6 Å². The van der Waals surface area contributed by atoms with Crippen LogP contribution in [0.15, 0.2) is 0 Å². The number of halogens is 3. The molecule has 0 aromatic rings. The third kappa shape index (κ3) is 12.7. The van der Waals surface area contributed by atoms with E-state index in [0.717, 1.165) is 19.3 Å². The number of hydrogen-bond donors (Lipinski definition) is 1. The first-order chi connectivity index (χ1) is 7.25. The second-order valence-electron chi connectivity index (χ2n) is 2.84.